The lowest BCUT2D eigenvalue weighted by atomic mass is 10.2. The third-order valence-electron chi connectivity index (χ3n) is 3.33. The molecule has 116 valence electrons. The van der Waals surface area contributed by atoms with Crippen molar-refractivity contribution in [2.24, 2.45) is 0 Å². The van der Waals surface area contributed by atoms with Gasteiger partial charge >= 0.3 is 6.03 Å². The minimum absolute atomic E-state index is 0.111. The standard InChI is InChI=1S/C15H21FN2O3/c1-2-13(21-14-5-3-4-12(16)10-14)11-17-15(19)18-6-8-20-9-7-18/h3-5,10,13H,2,6-9,11H2,1H3,(H,17,19). The Labute approximate surface area is 124 Å². The second-order valence-electron chi connectivity index (χ2n) is 4.89. The van der Waals surface area contributed by atoms with E-state index in [0.717, 1.165) is 6.42 Å². The number of rotatable bonds is 5. The van der Waals surface area contributed by atoms with Crippen LogP contribution < -0.4 is 10.1 Å². The fraction of sp³-hybridized carbons (Fsp3) is 0.533. The van der Waals surface area contributed by atoms with Crippen molar-refractivity contribution in [2.75, 3.05) is 32.8 Å². The third kappa shape index (κ3) is 4.90. The van der Waals surface area contributed by atoms with Crippen LogP contribution in [0, 0.1) is 5.82 Å². The van der Waals surface area contributed by atoms with Crippen molar-refractivity contribution in [3.05, 3.63) is 30.1 Å². The summed E-state index contributed by atoms with van der Waals surface area (Å²) in [7, 11) is 0. The lowest BCUT2D eigenvalue weighted by Crippen LogP contribution is -2.48. The van der Waals surface area contributed by atoms with Gasteiger partial charge in [0.05, 0.1) is 19.8 Å². The molecule has 2 rings (SSSR count). The van der Waals surface area contributed by atoms with E-state index < -0.39 is 0 Å². The molecule has 1 atom stereocenters. The quantitative estimate of drug-likeness (QED) is 0.904. The van der Waals surface area contributed by atoms with Crippen LogP contribution in [0.5, 0.6) is 5.75 Å². The van der Waals surface area contributed by atoms with Gasteiger partial charge in [-0.15, -0.1) is 0 Å². The molecular formula is C15H21FN2O3. The number of benzene rings is 1. The van der Waals surface area contributed by atoms with Crippen molar-refractivity contribution < 1.29 is 18.7 Å². The maximum absolute atomic E-state index is 13.1. The Morgan fingerprint density at radius 3 is 2.90 bits per heavy atom. The third-order valence-corrected chi connectivity index (χ3v) is 3.33. The van der Waals surface area contributed by atoms with E-state index in [1.807, 2.05) is 6.92 Å². The molecule has 0 spiro atoms. The molecule has 2 amide bonds. The van der Waals surface area contributed by atoms with E-state index in [-0.39, 0.29) is 18.0 Å². The van der Waals surface area contributed by atoms with Crippen molar-refractivity contribution in [1.82, 2.24) is 10.2 Å². The Morgan fingerprint density at radius 1 is 1.48 bits per heavy atom. The zero-order chi connectivity index (χ0) is 15.1. The summed E-state index contributed by atoms with van der Waals surface area (Å²) in [6, 6.07) is 5.90. The van der Waals surface area contributed by atoms with Gasteiger partial charge in [0.15, 0.2) is 0 Å². The largest absolute Gasteiger partial charge is 0.489 e. The Hall–Kier alpha value is -1.82. The van der Waals surface area contributed by atoms with E-state index >= 15 is 0 Å². The number of hydrogen-bond donors (Lipinski definition) is 1. The zero-order valence-corrected chi connectivity index (χ0v) is 12.2. The summed E-state index contributed by atoms with van der Waals surface area (Å²) < 4.78 is 24.0. The van der Waals surface area contributed by atoms with Crippen molar-refractivity contribution in [3.8, 4) is 5.75 Å². The number of carbonyl (C=O) groups is 1. The van der Waals surface area contributed by atoms with Gasteiger partial charge in [0, 0.05) is 19.2 Å². The van der Waals surface area contributed by atoms with Crippen LogP contribution >= 0.6 is 0 Å². The molecule has 5 nitrogen and oxygen atoms in total. The van der Waals surface area contributed by atoms with Crippen LogP contribution in [0.1, 0.15) is 13.3 Å². The van der Waals surface area contributed by atoms with Crippen molar-refractivity contribution in [2.45, 2.75) is 19.4 Å². The van der Waals surface area contributed by atoms with Gasteiger partial charge in [0.2, 0.25) is 0 Å². The first-order valence-electron chi connectivity index (χ1n) is 7.21. The number of hydrogen-bond acceptors (Lipinski definition) is 3. The Morgan fingerprint density at radius 2 is 2.24 bits per heavy atom. The molecule has 0 radical (unpaired) electrons. The predicted octanol–water partition coefficient (Wildman–Crippen LogP) is 2.02. The molecule has 1 aliphatic heterocycles. The summed E-state index contributed by atoms with van der Waals surface area (Å²) in [5, 5.41) is 2.85. The van der Waals surface area contributed by atoms with E-state index in [1.165, 1.54) is 12.1 Å². The van der Waals surface area contributed by atoms with Crippen LogP contribution in [0.4, 0.5) is 9.18 Å². The summed E-state index contributed by atoms with van der Waals surface area (Å²) >= 11 is 0. The minimum atomic E-state index is -0.334. The summed E-state index contributed by atoms with van der Waals surface area (Å²) in [6.07, 6.45) is 0.539. The second-order valence-corrected chi connectivity index (χ2v) is 4.89. The predicted molar refractivity (Wildman–Crippen MR) is 76.9 cm³/mol. The molecule has 0 aromatic heterocycles. The molecule has 1 heterocycles. The molecule has 1 aromatic carbocycles. The monoisotopic (exact) mass is 296 g/mol. The van der Waals surface area contributed by atoms with Crippen molar-refractivity contribution in [1.29, 1.82) is 0 Å². The molecule has 0 bridgehead atoms. The van der Waals surface area contributed by atoms with Gasteiger partial charge in [0.1, 0.15) is 17.7 Å². The minimum Gasteiger partial charge on any atom is -0.489 e. The highest BCUT2D eigenvalue weighted by Crippen LogP contribution is 2.14. The van der Waals surface area contributed by atoms with Crippen LogP contribution in [-0.4, -0.2) is 49.9 Å². The highest BCUT2D eigenvalue weighted by atomic mass is 19.1. The van der Waals surface area contributed by atoms with Gasteiger partial charge in [-0.2, -0.15) is 0 Å². The molecule has 1 fully saturated rings. The Kier molecular flexibility index (Phi) is 5.80. The maximum atomic E-state index is 13.1. The molecule has 1 aromatic rings. The number of ether oxygens (including phenoxy) is 2. The van der Waals surface area contributed by atoms with E-state index in [1.54, 1.807) is 17.0 Å². The number of amides is 2. The van der Waals surface area contributed by atoms with Crippen LogP contribution in [-0.2, 0) is 4.74 Å². The first-order valence-corrected chi connectivity index (χ1v) is 7.21. The van der Waals surface area contributed by atoms with E-state index in [0.29, 0.717) is 38.6 Å². The number of nitrogens with one attached hydrogen (secondary N) is 1. The normalized spacial score (nSPS) is 16.4. The highest BCUT2D eigenvalue weighted by molar-refractivity contribution is 5.74. The van der Waals surface area contributed by atoms with E-state index in [4.69, 9.17) is 9.47 Å². The van der Waals surface area contributed by atoms with Crippen LogP contribution in [0.3, 0.4) is 0 Å². The first kappa shape index (κ1) is 15.6. The number of nitrogens with zero attached hydrogens (tertiary/aromatic N) is 1. The van der Waals surface area contributed by atoms with Crippen LogP contribution in [0.25, 0.3) is 0 Å². The first-order chi connectivity index (χ1) is 10.2. The second kappa shape index (κ2) is 7.83. The molecule has 21 heavy (non-hydrogen) atoms. The lowest BCUT2D eigenvalue weighted by Gasteiger charge is -2.28. The average Bonchev–Trinajstić information content (AvgIpc) is 2.52. The molecule has 1 N–H and O–H groups in total. The molecule has 0 saturated carbocycles. The lowest BCUT2D eigenvalue weighted by molar-refractivity contribution is 0.0524. The van der Waals surface area contributed by atoms with E-state index in [9.17, 15) is 9.18 Å². The van der Waals surface area contributed by atoms with Gasteiger partial charge < -0.3 is 19.7 Å². The SMILES string of the molecule is CCC(CNC(=O)N1CCOCC1)Oc1cccc(F)c1. The van der Waals surface area contributed by atoms with Gasteiger partial charge in [-0.1, -0.05) is 13.0 Å². The Balaban J connectivity index is 1.80. The van der Waals surface area contributed by atoms with E-state index in [2.05, 4.69) is 5.32 Å². The van der Waals surface area contributed by atoms with Gasteiger partial charge in [0.25, 0.3) is 0 Å². The van der Waals surface area contributed by atoms with Crippen LogP contribution in [0.15, 0.2) is 24.3 Å². The maximum Gasteiger partial charge on any atom is 0.317 e. The Bertz CT molecular complexity index is 464. The number of morpholine rings is 1. The zero-order valence-electron chi connectivity index (χ0n) is 12.2. The number of halogens is 1. The molecular weight excluding hydrogens is 275 g/mol. The fourth-order valence-corrected chi connectivity index (χ4v) is 2.08. The summed E-state index contributed by atoms with van der Waals surface area (Å²) in [5.74, 6) is 0.141. The molecule has 1 saturated heterocycles. The highest BCUT2D eigenvalue weighted by Gasteiger charge is 2.18. The number of urea groups is 1. The smallest absolute Gasteiger partial charge is 0.317 e. The van der Waals surface area contributed by atoms with Crippen molar-refractivity contribution >= 4 is 6.03 Å². The van der Waals surface area contributed by atoms with Gasteiger partial charge in [-0.3, -0.25) is 0 Å². The molecule has 1 aliphatic rings. The summed E-state index contributed by atoms with van der Waals surface area (Å²) in [6.45, 7) is 4.71. The molecule has 6 heteroatoms. The topological polar surface area (TPSA) is 50.8 Å². The van der Waals surface area contributed by atoms with Gasteiger partial charge in [-0.25, -0.2) is 9.18 Å². The fourth-order valence-electron chi connectivity index (χ4n) is 2.08. The van der Waals surface area contributed by atoms with Crippen molar-refractivity contribution in [3.63, 3.8) is 0 Å². The average molecular weight is 296 g/mol. The van der Waals surface area contributed by atoms with Crippen LogP contribution in [0.2, 0.25) is 0 Å². The summed E-state index contributed by atoms with van der Waals surface area (Å²) in [4.78, 5) is 13.7. The summed E-state index contributed by atoms with van der Waals surface area (Å²) in [5.41, 5.74) is 0. The number of carbonyl (C=O) groups excluding carboxylic acids is 1. The molecule has 0 aliphatic carbocycles. The van der Waals surface area contributed by atoms with Gasteiger partial charge in [-0.05, 0) is 18.6 Å². The molecule has 1 unspecified atom stereocenters.